The highest BCUT2D eigenvalue weighted by Gasteiger charge is 2.36. The van der Waals surface area contributed by atoms with Crippen LogP contribution in [0.5, 0.6) is 0 Å². The Bertz CT molecular complexity index is 167. The van der Waals surface area contributed by atoms with Crippen molar-refractivity contribution in [2.45, 2.75) is 47.4 Å². The molecule has 0 aromatic carbocycles. The van der Waals surface area contributed by atoms with Crippen LogP contribution in [0.4, 0.5) is 0 Å². The van der Waals surface area contributed by atoms with E-state index in [0.29, 0.717) is 15.3 Å². The number of fused-ring (bicyclic) bond motifs is 2. The summed E-state index contributed by atoms with van der Waals surface area (Å²) in [6, 6.07) is 0. The molecule has 2 rings (SSSR count). The fourth-order valence-electron chi connectivity index (χ4n) is 2.17. The molecule has 64 valence electrons. The number of hydrogen-bond donors (Lipinski definition) is 0. The third-order valence-electron chi connectivity index (χ3n) is 2.75. The molecule has 2 heterocycles. The molecule has 2 fully saturated rings. The highest BCUT2D eigenvalue weighted by Crippen LogP contribution is 2.36. The zero-order valence-electron chi connectivity index (χ0n) is 6.46. The number of alkyl halides is 1. The molecule has 0 aromatic rings. The van der Waals surface area contributed by atoms with Crippen molar-refractivity contribution in [3.8, 4) is 0 Å². The van der Waals surface area contributed by atoms with E-state index in [1.54, 1.807) is 0 Å². The lowest BCUT2D eigenvalue weighted by Crippen LogP contribution is -2.39. The molecule has 3 heteroatoms. The Kier molecular flexibility index (Phi) is 2.38. The van der Waals surface area contributed by atoms with Gasteiger partial charge in [0.25, 0.3) is 0 Å². The molecule has 2 aliphatic heterocycles. The highest BCUT2D eigenvalue weighted by atomic mass is 79.9. The van der Waals surface area contributed by atoms with Gasteiger partial charge in [-0.1, -0.05) is 22.4 Å². The second kappa shape index (κ2) is 3.17. The van der Waals surface area contributed by atoms with Gasteiger partial charge in [-0.25, -0.2) is 0 Å². The van der Waals surface area contributed by atoms with E-state index >= 15 is 0 Å². The van der Waals surface area contributed by atoms with Crippen molar-refractivity contribution in [3.63, 3.8) is 0 Å². The predicted octanol–water partition coefficient (Wildman–Crippen LogP) is 2.21. The summed E-state index contributed by atoms with van der Waals surface area (Å²) in [5.41, 5.74) is 0. The van der Waals surface area contributed by atoms with Crippen molar-refractivity contribution in [3.05, 3.63) is 0 Å². The van der Waals surface area contributed by atoms with Gasteiger partial charge in [-0.3, -0.25) is 4.21 Å². The molecule has 0 aliphatic carbocycles. The van der Waals surface area contributed by atoms with Crippen LogP contribution in [0.2, 0.25) is 0 Å². The highest BCUT2D eigenvalue weighted by molar-refractivity contribution is 9.09. The summed E-state index contributed by atoms with van der Waals surface area (Å²) < 4.78 is 11.6. The van der Waals surface area contributed by atoms with Crippen LogP contribution in [0.3, 0.4) is 0 Å². The average Bonchev–Trinajstić information content (AvgIpc) is 1.92. The average molecular weight is 237 g/mol. The van der Waals surface area contributed by atoms with E-state index in [-0.39, 0.29) is 0 Å². The summed E-state index contributed by atoms with van der Waals surface area (Å²) >= 11 is 3.64. The molecule has 2 atom stereocenters. The molecule has 2 bridgehead atoms. The number of rotatable bonds is 0. The summed E-state index contributed by atoms with van der Waals surface area (Å²) in [6.07, 6.45) is 5.99. The second-order valence-electron chi connectivity index (χ2n) is 3.57. The normalized spacial score (nSPS) is 50.6. The first-order valence-electron chi connectivity index (χ1n) is 4.31. The minimum absolute atomic E-state index is 0.487. The molecule has 2 unspecified atom stereocenters. The van der Waals surface area contributed by atoms with Gasteiger partial charge in [0, 0.05) is 26.1 Å². The Morgan fingerprint density at radius 3 is 2.27 bits per heavy atom. The van der Waals surface area contributed by atoms with E-state index in [0.717, 1.165) is 12.8 Å². The Balaban J connectivity index is 2.13. The Hall–Kier alpha value is 0.630. The van der Waals surface area contributed by atoms with Gasteiger partial charge in [0.2, 0.25) is 0 Å². The van der Waals surface area contributed by atoms with E-state index in [9.17, 15) is 4.21 Å². The first-order valence-corrected chi connectivity index (χ1v) is 6.50. The van der Waals surface area contributed by atoms with E-state index in [4.69, 9.17) is 0 Å². The van der Waals surface area contributed by atoms with Crippen LogP contribution < -0.4 is 0 Å². The zero-order chi connectivity index (χ0) is 7.84. The Labute approximate surface area is 78.5 Å². The van der Waals surface area contributed by atoms with Crippen molar-refractivity contribution in [1.82, 2.24) is 0 Å². The van der Waals surface area contributed by atoms with Gasteiger partial charge in [0.1, 0.15) is 0 Å². The summed E-state index contributed by atoms with van der Waals surface area (Å²) in [7, 11) is -0.487. The molecule has 0 saturated carbocycles. The standard InChI is InChI=1S/C8H13BrOS/c9-6-4-7-2-1-3-8(5-6)11(7)10/h6-8H,1-5H2. The second-order valence-corrected chi connectivity index (χ2v) is 6.86. The molecule has 2 aliphatic rings. The minimum Gasteiger partial charge on any atom is -0.259 e. The van der Waals surface area contributed by atoms with Crippen LogP contribution >= 0.6 is 15.9 Å². The zero-order valence-corrected chi connectivity index (χ0v) is 8.86. The smallest absolute Gasteiger partial charge is 0.0361 e. The topological polar surface area (TPSA) is 17.1 Å². The minimum atomic E-state index is -0.487. The van der Waals surface area contributed by atoms with Gasteiger partial charge >= 0.3 is 0 Å². The van der Waals surface area contributed by atoms with E-state index in [2.05, 4.69) is 15.9 Å². The number of halogens is 1. The third kappa shape index (κ3) is 1.55. The molecule has 2 saturated heterocycles. The molecule has 1 nitrogen and oxygen atoms in total. The van der Waals surface area contributed by atoms with Crippen LogP contribution in [0.25, 0.3) is 0 Å². The fraction of sp³-hybridized carbons (Fsp3) is 1.00. The van der Waals surface area contributed by atoms with E-state index in [1.807, 2.05) is 0 Å². The largest absolute Gasteiger partial charge is 0.259 e. The van der Waals surface area contributed by atoms with Crippen molar-refractivity contribution in [1.29, 1.82) is 0 Å². The van der Waals surface area contributed by atoms with Crippen LogP contribution in [-0.4, -0.2) is 19.5 Å². The maximum atomic E-state index is 11.6. The van der Waals surface area contributed by atoms with Gasteiger partial charge in [-0.2, -0.15) is 0 Å². The first-order chi connectivity index (χ1) is 5.27. The van der Waals surface area contributed by atoms with Crippen molar-refractivity contribution < 1.29 is 4.21 Å². The third-order valence-corrected chi connectivity index (χ3v) is 5.66. The molecule has 0 aromatic heterocycles. The molecule has 0 spiro atoms. The maximum Gasteiger partial charge on any atom is 0.0361 e. The summed E-state index contributed by atoms with van der Waals surface area (Å²) in [5.74, 6) is 0. The number of hydrogen-bond acceptors (Lipinski definition) is 1. The SMILES string of the molecule is O=S1C2CCCC1CC(Br)C2. The van der Waals surface area contributed by atoms with Gasteiger partial charge in [0.15, 0.2) is 0 Å². The van der Waals surface area contributed by atoms with Crippen LogP contribution in [0, 0.1) is 0 Å². The lowest BCUT2D eigenvalue weighted by Gasteiger charge is -2.36. The predicted molar refractivity (Wildman–Crippen MR) is 51.5 cm³/mol. The lowest BCUT2D eigenvalue weighted by molar-refractivity contribution is 0.476. The molecular weight excluding hydrogens is 224 g/mol. The van der Waals surface area contributed by atoms with Crippen LogP contribution in [0.15, 0.2) is 0 Å². The van der Waals surface area contributed by atoms with Crippen molar-refractivity contribution in [2.75, 3.05) is 0 Å². The molecule has 0 radical (unpaired) electrons. The lowest BCUT2D eigenvalue weighted by atomic mass is 9.99. The molecule has 11 heavy (non-hydrogen) atoms. The van der Waals surface area contributed by atoms with Crippen molar-refractivity contribution in [2.24, 2.45) is 0 Å². The Morgan fingerprint density at radius 1 is 1.18 bits per heavy atom. The van der Waals surface area contributed by atoms with Crippen molar-refractivity contribution >= 4 is 26.7 Å². The fourth-order valence-corrected chi connectivity index (χ4v) is 5.75. The molecule has 0 N–H and O–H groups in total. The molecule has 0 amide bonds. The molecular formula is C8H13BrOS. The summed E-state index contributed by atoms with van der Waals surface area (Å²) in [6.45, 7) is 0. The summed E-state index contributed by atoms with van der Waals surface area (Å²) in [4.78, 5) is 0.649. The van der Waals surface area contributed by atoms with Gasteiger partial charge in [-0.05, 0) is 25.7 Å². The van der Waals surface area contributed by atoms with Gasteiger partial charge in [-0.15, -0.1) is 0 Å². The summed E-state index contributed by atoms with van der Waals surface area (Å²) in [5, 5.41) is 1.04. The van der Waals surface area contributed by atoms with Gasteiger partial charge < -0.3 is 0 Å². The van der Waals surface area contributed by atoms with Crippen LogP contribution in [0.1, 0.15) is 32.1 Å². The first kappa shape index (κ1) is 8.24. The monoisotopic (exact) mass is 236 g/mol. The van der Waals surface area contributed by atoms with Gasteiger partial charge in [0.05, 0.1) is 0 Å². The van der Waals surface area contributed by atoms with Crippen LogP contribution in [-0.2, 0) is 10.8 Å². The van der Waals surface area contributed by atoms with E-state index < -0.39 is 10.8 Å². The maximum absolute atomic E-state index is 11.6. The van der Waals surface area contributed by atoms with E-state index in [1.165, 1.54) is 19.3 Å². The Morgan fingerprint density at radius 2 is 1.73 bits per heavy atom. The quantitative estimate of drug-likeness (QED) is 0.590.